The Morgan fingerprint density at radius 3 is 2.70 bits per heavy atom. The van der Waals surface area contributed by atoms with Gasteiger partial charge in [-0.3, -0.25) is 9.59 Å². The lowest BCUT2D eigenvalue weighted by molar-refractivity contribution is -0.143. The number of carbonyl (C=O) groups is 2. The van der Waals surface area contributed by atoms with E-state index in [2.05, 4.69) is 10.3 Å². The molecule has 2 atom stereocenters. The fraction of sp³-hybridized carbons (Fsp3) is 0.462. The zero-order chi connectivity index (χ0) is 14.7. The number of pyridine rings is 1. The molecule has 108 valence electrons. The molecule has 7 heteroatoms. The Morgan fingerprint density at radius 2 is 2.05 bits per heavy atom. The van der Waals surface area contributed by atoms with E-state index in [0.29, 0.717) is 12.8 Å². The van der Waals surface area contributed by atoms with E-state index in [1.807, 2.05) is 0 Å². The van der Waals surface area contributed by atoms with Crippen LogP contribution in [0.4, 0.5) is 0 Å². The molecular formula is C13H14Cl2N2O3. The molecule has 0 radical (unpaired) electrons. The lowest BCUT2D eigenvalue weighted by atomic mass is 9.85. The maximum Gasteiger partial charge on any atom is 0.306 e. The average Bonchev–Trinajstić information content (AvgIpc) is 2.38. The second-order valence-electron chi connectivity index (χ2n) is 4.84. The topological polar surface area (TPSA) is 79.3 Å². The van der Waals surface area contributed by atoms with Gasteiger partial charge in [-0.2, -0.15) is 0 Å². The van der Waals surface area contributed by atoms with Crippen LogP contribution in [0.15, 0.2) is 12.1 Å². The molecule has 2 rings (SSSR count). The molecule has 5 nitrogen and oxygen atoms in total. The van der Waals surface area contributed by atoms with Gasteiger partial charge in [0.05, 0.1) is 11.5 Å². The lowest BCUT2D eigenvalue weighted by Gasteiger charge is -2.27. The Bertz CT molecular complexity index is 536. The highest BCUT2D eigenvalue weighted by Gasteiger charge is 2.28. The quantitative estimate of drug-likeness (QED) is 0.840. The number of aliphatic carboxylic acids is 1. The molecule has 2 N–H and O–H groups in total. The van der Waals surface area contributed by atoms with Gasteiger partial charge in [-0.25, -0.2) is 4.98 Å². The van der Waals surface area contributed by atoms with Gasteiger partial charge >= 0.3 is 5.97 Å². The van der Waals surface area contributed by atoms with Gasteiger partial charge in [0, 0.05) is 6.04 Å². The van der Waals surface area contributed by atoms with Crippen LogP contribution in [-0.2, 0) is 4.79 Å². The minimum atomic E-state index is -0.810. The summed E-state index contributed by atoms with van der Waals surface area (Å²) in [6, 6.07) is 2.84. The predicted molar refractivity (Wildman–Crippen MR) is 75.1 cm³/mol. The third-order valence-electron chi connectivity index (χ3n) is 3.42. The van der Waals surface area contributed by atoms with Gasteiger partial charge in [0.25, 0.3) is 5.91 Å². The second-order valence-corrected chi connectivity index (χ2v) is 5.59. The van der Waals surface area contributed by atoms with Gasteiger partial charge < -0.3 is 10.4 Å². The highest BCUT2D eigenvalue weighted by atomic mass is 35.5. The summed E-state index contributed by atoms with van der Waals surface area (Å²) >= 11 is 11.5. The Hall–Kier alpha value is -1.33. The molecule has 1 aromatic heterocycles. The van der Waals surface area contributed by atoms with E-state index in [9.17, 15) is 9.59 Å². The van der Waals surface area contributed by atoms with Crippen LogP contribution in [0.3, 0.4) is 0 Å². The van der Waals surface area contributed by atoms with E-state index < -0.39 is 11.9 Å². The highest BCUT2D eigenvalue weighted by molar-refractivity contribution is 6.34. The van der Waals surface area contributed by atoms with Crippen LogP contribution < -0.4 is 5.32 Å². The number of carbonyl (C=O) groups excluding carboxylic acids is 1. The number of amides is 1. The van der Waals surface area contributed by atoms with Crippen LogP contribution in [0.2, 0.25) is 10.3 Å². The Labute approximate surface area is 126 Å². The molecule has 1 aliphatic rings. The van der Waals surface area contributed by atoms with Crippen LogP contribution in [0, 0.1) is 5.92 Å². The predicted octanol–water partition coefficient (Wildman–Crippen LogP) is 2.76. The molecule has 2 unspecified atom stereocenters. The van der Waals surface area contributed by atoms with E-state index in [0.717, 1.165) is 12.8 Å². The molecule has 0 aromatic carbocycles. The van der Waals surface area contributed by atoms with Crippen molar-refractivity contribution in [2.45, 2.75) is 31.7 Å². The Balaban J connectivity index is 2.02. The lowest BCUT2D eigenvalue weighted by Crippen LogP contribution is -2.40. The molecule has 1 aromatic rings. The largest absolute Gasteiger partial charge is 0.481 e. The van der Waals surface area contributed by atoms with Crippen molar-refractivity contribution in [1.29, 1.82) is 0 Å². The summed E-state index contributed by atoms with van der Waals surface area (Å²) in [7, 11) is 0. The van der Waals surface area contributed by atoms with Gasteiger partial charge in [0.15, 0.2) is 0 Å². The molecule has 1 amide bonds. The average molecular weight is 317 g/mol. The standard InChI is InChI=1S/C13H14Cl2N2O3/c14-10-5-4-9(11(15)17-10)12(18)16-8-3-1-2-7(6-8)13(19)20/h4-5,7-8H,1-3,6H2,(H,16,18)(H,19,20). The van der Waals surface area contributed by atoms with Crippen molar-refractivity contribution < 1.29 is 14.7 Å². The van der Waals surface area contributed by atoms with Crippen molar-refractivity contribution in [2.24, 2.45) is 5.92 Å². The summed E-state index contributed by atoms with van der Waals surface area (Å²) < 4.78 is 0. The number of rotatable bonds is 3. The van der Waals surface area contributed by atoms with Crippen molar-refractivity contribution >= 4 is 35.1 Å². The minimum absolute atomic E-state index is 0.0422. The molecule has 20 heavy (non-hydrogen) atoms. The van der Waals surface area contributed by atoms with Crippen molar-refractivity contribution in [3.05, 3.63) is 28.0 Å². The molecule has 0 saturated heterocycles. The molecule has 1 saturated carbocycles. The monoisotopic (exact) mass is 316 g/mol. The Morgan fingerprint density at radius 1 is 1.30 bits per heavy atom. The fourth-order valence-corrected chi connectivity index (χ4v) is 2.82. The molecule has 0 spiro atoms. The van der Waals surface area contributed by atoms with Gasteiger partial charge in [-0.15, -0.1) is 0 Å². The first-order chi connectivity index (χ1) is 9.47. The van der Waals surface area contributed by atoms with Crippen LogP contribution in [0.25, 0.3) is 0 Å². The first kappa shape index (κ1) is 15.1. The Kier molecular flexibility index (Phi) is 4.83. The first-order valence-electron chi connectivity index (χ1n) is 6.33. The van der Waals surface area contributed by atoms with E-state index in [-0.39, 0.29) is 27.8 Å². The number of hydrogen-bond donors (Lipinski definition) is 2. The third kappa shape index (κ3) is 3.61. The number of halogens is 2. The number of aromatic nitrogens is 1. The van der Waals surface area contributed by atoms with Gasteiger partial charge in [-0.05, 0) is 31.4 Å². The molecule has 0 bridgehead atoms. The minimum Gasteiger partial charge on any atom is -0.481 e. The van der Waals surface area contributed by atoms with Crippen molar-refractivity contribution in [1.82, 2.24) is 10.3 Å². The highest BCUT2D eigenvalue weighted by Crippen LogP contribution is 2.25. The van der Waals surface area contributed by atoms with Gasteiger partial charge in [-0.1, -0.05) is 29.6 Å². The van der Waals surface area contributed by atoms with Gasteiger partial charge in [0.1, 0.15) is 10.3 Å². The number of nitrogens with one attached hydrogen (secondary N) is 1. The molecule has 1 fully saturated rings. The number of hydrogen-bond acceptors (Lipinski definition) is 3. The van der Waals surface area contributed by atoms with Crippen LogP contribution in [0.1, 0.15) is 36.0 Å². The third-order valence-corrected chi connectivity index (χ3v) is 3.92. The fourth-order valence-electron chi connectivity index (χ4n) is 2.39. The number of nitrogens with zero attached hydrogens (tertiary/aromatic N) is 1. The van der Waals surface area contributed by atoms with Crippen LogP contribution in [-0.4, -0.2) is 28.0 Å². The zero-order valence-corrected chi connectivity index (χ0v) is 12.1. The summed E-state index contributed by atoms with van der Waals surface area (Å²) in [6.07, 6.45) is 2.66. The van der Waals surface area contributed by atoms with Crippen LogP contribution >= 0.6 is 23.2 Å². The number of carboxylic acids is 1. The van der Waals surface area contributed by atoms with E-state index in [4.69, 9.17) is 28.3 Å². The summed E-state index contributed by atoms with van der Waals surface area (Å²) in [5.74, 6) is -1.56. The second kappa shape index (κ2) is 6.41. The zero-order valence-electron chi connectivity index (χ0n) is 10.6. The smallest absolute Gasteiger partial charge is 0.306 e. The molecule has 1 heterocycles. The summed E-state index contributed by atoms with van der Waals surface area (Å²) in [5, 5.41) is 12.1. The SMILES string of the molecule is O=C(NC1CCCC(C(=O)O)C1)c1ccc(Cl)nc1Cl. The van der Waals surface area contributed by atoms with Crippen LogP contribution in [0.5, 0.6) is 0 Å². The summed E-state index contributed by atoms with van der Waals surface area (Å²) in [5.41, 5.74) is 0.244. The number of carboxylic acid groups (broad SMARTS) is 1. The molecule has 0 aliphatic heterocycles. The molecule has 1 aliphatic carbocycles. The van der Waals surface area contributed by atoms with E-state index in [1.165, 1.54) is 12.1 Å². The summed E-state index contributed by atoms with van der Waals surface area (Å²) in [4.78, 5) is 26.9. The van der Waals surface area contributed by atoms with E-state index >= 15 is 0 Å². The van der Waals surface area contributed by atoms with E-state index in [1.54, 1.807) is 0 Å². The summed E-state index contributed by atoms with van der Waals surface area (Å²) in [6.45, 7) is 0. The van der Waals surface area contributed by atoms with Crippen molar-refractivity contribution in [3.8, 4) is 0 Å². The van der Waals surface area contributed by atoms with Crippen molar-refractivity contribution in [3.63, 3.8) is 0 Å². The molecular weight excluding hydrogens is 303 g/mol. The maximum atomic E-state index is 12.1. The maximum absolute atomic E-state index is 12.1. The van der Waals surface area contributed by atoms with Gasteiger partial charge in [0.2, 0.25) is 0 Å². The first-order valence-corrected chi connectivity index (χ1v) is 7.08. The van der Waals surface area contributed by atoms with Crippen molar-refractivity contribution in [2.75, 3.05) is 0 Å². The normalized spacial score (nSPS) is 22.3.